The quantitative estimate of drug-likeness (QED) is 0.808. The number of hydrogen-bond acceptors (Lipinski definition) is 4. The van der Waals surface area contributed by atoms with Crippen molar-refractivity contribution in [3.8, 4) is 0 Å². The molecule has 1 aromatic heterocycles. The monoisotopic (exact) mass is 274 g/mol. The molecule has 0 aliphatic carbocycles. The van der Waals surface area contributed by atoms with Crippen LogP contribution in [0.1, 0.15) is 27.2 Å². The average molecular weight is 274 g/mol. The summed E-state index contributed by atoms with van der Waals surface area (Å²) in [5, 5.41) is 0. The molecule has 1 aromatic carbocycles. The fourth-order valence-corrected chi connectivity index (χ4v) is 1.92. The maximum Gasteiger partial charge on any atom is 0.337 e. The maximum atomic E-state index is 11.7. The number of carbonyl (C=O) groups excluding carboxylic acids is 1. The van der Waals surface area contributed by atoms with Crippen LogP contribution in [0.15, 0.2) is 33.9 Å². The molecule has 1 heterocycles. The minimum Gasteiger partial charge on any atom is -0.465 e. The summed E-state index contributed by atoms with van der Waals surface area (Å²) < 4.78 is 4.61. The first-order valence-electron chi connectivity index (χ1n) is 6.00. The number of aromatic nitrogens is 2. The number of rotatable bonds is 3. The highest BCUT2D eigenvalue weighted by molar-refractivity contribution is 5.89. The number of esters is 1. The molecule has 20 heavy (non-hydrogen) atoms. The van der Waals surface area contributed by atoms with Crippen LogP contribution < -0.4 is 11.2 Å². The minimum atomic E-state index is -0.516. The number of methoxy groups -OCH3 is 1. The lowest BCUT2D eigenvalue weighted by Crippen LogP contribution is -2.27. The molecular formula is C14H14N2O4. The molecule has 0 saturated heterocycles. The van der Waals surface area contributed by atoms with Crippen LogP contribution >= 0.6 is 0 Å². The number of ether oxygens (including phenoxy) is 1. The molecule has 104 valence electrons. The number of carbonyl (C=O) groups is 1. The van der Waals surface area contributed by atoms with Gasteiger partial charge in [0, 0.05) is 17.7 Å². The molecule has 2 rings (SSSR count). The first kappa shape index (κ1) is 13.8. The van der Waals surface area contributed by atoms with Crippen molar-refractivity contribution in [3.63, 3.8) is 0 Å². The van der Waals surface area contributed by atoms with E-state index in [1.165, 1.54) is 7.11 Å². The molecule has 6 nitrogen and oxygen atoms in total. The molecule has 0 saturated carbocycles. The Kier molecular flexibility index (Phi) is 3.84. The van der Waals surface area contributed by atoms with E-state index < -0.39 is 17.2 Å². The predicted octanol–water partition coefficient (Wildman–Crippen LogP) is 0.749. The molecule has 0 amide bonds. The van der Waals surface area contributed by atoms with Gasteiger partial charge < -0.3 is 9.72 Å². The van der Waals surface area contributed by atoms with Gasteiger partial charge in [-0.15, -0.1) is 0 Å². The number of H-pyrrole nitrogens is 2. The van der Waals surface area contributed by atoms with Crippen LogP contribution in [-0.2, 0) is 11.2 Å². The van der Waals surface area contributed by atoms with Crippen LogP contribution in [-0.4, -0.2) is 23.0 Å². The topological polar surface area (TPSA) is 92.0 Å². The summed E-state index contributed by atoms with van der Waals surface area (Å²) in [6, 6.07) is 6.76. The van der Waals surface area contributed by atoms with Gasteiger partial charge in [0.05, 0.1) is 12.7 Å². The first-order chi connectivity index (χ1) is 9.51. The molecule has 0 fully saturated rings. The summed E-state index contributed by atoms with van der Waals surface area (Å²) in [5.41, 5.74) is 1.42. The molecular weight excluding hydrogens is 260 g/mol. The van der Waals surface area contributed by atoms with Gasteiger partial charge in [-0.3, -0.25) is 9.78 Å². The molecule has 0 radical (unpaired) electrons. The van der Waals surface area contributed by atoms with E-state index in [2.05, 4.69) is 14.7 Å². The van der Waals surface area contributed by atoms with E-state index in [1.807, 2.05) is 0 Å². The van der Waals surface area contributed by atoms with Crippen molar-refractivity contribution < 1.29 is 9.53 Å². The van der Waals surface area contributed by atoms with Crippen LogP contribution in [0.4, 0.5) is 0 Å². The van der Waals surface area contributed by atoms with Crippen LogP contribution in [0.5, 0.6) is 0 Å². The lowest BCUT2D eigenvalue weighted by molar-refractivity contribution is 0.0600. The van der Waals surface area contributed by atoms with Gasteiger partial charge in [-0.1, -0.05) is 12.1 Å². The van der Waals surface area contributed by atoms with Gasteiger partial charge in [-0.2, -0.15) is 0 Å². The Morgan fingerprint density at radius 3 is 2.35 bits per heavy atom. The third-order valence-electron chi connectivity index (χ3n) is 3.01. The van der Waals surface area contributed by atoms with Gasteiger partial charge in [0.1, 0.15) is 0 Å². The minimum absolute atomic E-state index is 0.374. The predicted molar refractivity (Wildman–Crippen MR) is 73.0 cm³/mol. The normalized spacial score (nSPS) is 10.3. The number of hydrogen-bond donors (Lipinski definition) is 2. The molecule has 0 atom stereocenters. The number of aromatic amines is 2. The van der Waals surface area contributed by atoms with Gasteiger partial charge >= 0.3 is 11.7 Å². The van der Waals surface area contributed by atoms with E-state index in [0.29, 0.717) is 23.2 Å². The zero-order valence-electron chi connectivity index (χ0n) is 11.1. The Balaban J connectivity index is 2.29. The summed E-state index contributed by atoms with van der Waals surface area (Å²) in [7, 11) is 1.32. The standard InChI is InChI=1S/C14H14N2O4/c1-8-11(12(17)16-14(19)15-8)7-9-3-5-10(6-4-9)13(18)20-2/h3-6H,7H2,1-2H3,(H2,15,16,17,19). The van der Waals surface area contributed by atoms with E-state index in [-0.39, 0.29) is 0 Å². The molecule has 2 aromatic rings. The zero-order chi connectivity index (χ0) is 14.7. The first-order valence-corrected chi connectivity index (χ1v) is 6.00. The van der Waals surface area contributed by atoms with Crippen molar-refractivity contribution in [2.24, 2.45) is 0 Å². The van der Waals surface area contributed by atoms with E-state index in [4.69, 9.17) is 0 Å². The van der Waals surface area contributed by atoms with Crippen molar-refractivity contribution in [2.45, 2.75) is 13.3 Å². The van der Waals surface area contributed by atoms with Crippen LogP contribution in [0, 0.1) is 6.92 Å². The van der Waals surface area contributed by atoms with Gasteiger partial charge in [-0.25, -0.2) is 9.59 Å². The van der Waals surface area contributed by atoms with E-state index in [1.54, 1.807) is 31.2 Å². The average Bonchev–Trinajstić information content (AvgIpc) is 2.42. The molecule has 0 spiro atoms. The Morgan fingerprint density at radius 2 is 1.80 bits per heavy atom. The van der Waals surface area contributed by atoms with Gasteiger partial charge in [-0.05, 0) is 24.6 Å². The van der Waals surface area contributed by atoms with E-state index >= 15 is 0 Å². The fourth-order valence-electron chi connectivity index (χ4n) is 1.92. The highest BCUT2D eigenvalue weighted by Crippen LogP contribution is 2.10. The number of benzene rings is 1. The maximum absolute atomic E-state index is 11.7. The van der Waals surface area contributed by atoms with Crippen LogP contribution in [0.25, 0.3) is 0 Å². The van der Waals surface area contributed by atoms with Gasteiger partial charge in [0.25, 0.3) is 5.56 Å². The largest absolute Gasteiger partial charge is 0.465 e. The molecule has 2 N–H and O–H groups in total. The molecule has 0 bridgehead atoms. The second-order valence-electron chi connectivity index (χ2n) is 4.38. The van der Waals surface area contributed by atoms with Crippen molar-refractivity contribution in [3.05, 3.63) is 67.5 Å². The Morgan fingerprint density at radius 1 is 1.15 bits per heavy atom. The number of nitrogens with one attached hydrogen (secondary N) is 2. The highest BCUT2D eigenvalue weighted by atomic mass is 16.5. The molecule has 0 aliphatic heterocycles. The SMILES string of the molecule is COC(=O)c1ccc(Cc2c(C)[nH]c(=O)[nH]c2=O)cc1. The molecule has 0 unspecified atom stereocenters. The second-order valence-corrected chi connectivity index (χ2v) is 4.38. The Labute approximate surface area is 114 Å². The summed E-state index contributed by atoms with van der Waals surface area (Å²) >= 11 is 0. The van der Waals surface area contributed by atoms with Crippen LogP contribution in [0.2, 0.25) is 0 Å². The third-order valence-corrected chi connectivity index (χ3v) is 3.01. The number of aryl methyl sites for hydroxylation is 1. The third kappa shape index (κ3) is 2.85. The second kappa shape index (κ2) is 5.56. The smallest absolute Gasteiger partial charge is 0.337 e. The van der Waals surface area contributed by atoms with Crippen LogP contribution in [0.3, 0.4) is 0 Å². The molecule has 0 aliphatic rings. The van der Waals surface area contributed by atoms with Gasteiger partial charge in [0.2, 0.25) is 0 Å². The summed E-state index contributed by atoms with van der Waals surface area (Å²) in [6.45, 7) is 1.68. The van der Waals surface area contributed by atoms with E-state index in [0.717, 1.165) is 5.56 Å². The highest BCUT2D eigenvalue weighted by Gasteiger charge is 2.08. The van der Waals surface area contributed by atoms with Crippen molar-refractivity contribution in [1.82, 2.24) is 9.97 Å². The summed E-state index contributed by atoms with van der Waals surface area (Å²) in [4.78, 5) is 38.9. The van der Waals surface area contributed by atoms with Crippen molar-refractivity contribution >= 4 is 5.97 Å². The lowest BCUT2D eigenvalue weighted by atomic mass is 10.0. The van der Waals surface area contributed by atoms with Crippen molar-refractivity contribution in [2.75, 3.05) is 7.11 Å². The zero-order valence-corrected chi connectivity index (χ0v) is 11.1. The Bertz CT molecular complexity index is 741. The fraction of sp³-hybridized carbons (Fsp3) is 0.214. The van der Waals surface area contributed by atoms with Crippen molar-refractivity contribution in [1.29, 1.82) is 0 Å². The molecule has 6 heteroatoms. The van der Waals surface area contributed by atoms with Gasteiger partial charge in [0.15, 0.2) is 0 Å². The summed E-state index contributed by atoms with van der Waals surface area (Å²) in [6.07, 6.45) is 0.374. The summed E-state index contributed by atoms with van der Waals surface area (Å²) in [5.74, 6) is -0.408. The Hall–Kier alpha value is -2.63. The van der Waals surface area contributed by atoms with E-state index in [9.17, 15) is 14.4 Å². The lowest BCUT2D eigenvalue weighted by Gasteiger charge is -2.05.